The van der Waals surface area contributed by atoms with E-state index in [9.17, 15) is 0 Å². The average molecular weight is 327 g/mol. The lowest BCUT2D eigenvalue weighted by molar-refractivity contribution is -0.0203. The lowest BCUT2D eigenvalue weighted by atomic mass is 9.94. The second-order valence-electron chi connectivity index (χ2n) is 6.45. The molecule has 1 fully saturated rings. The van der Waals surface area contributed by atoms with Gasteiger partial charge in [0.1, 0.15) is 5.82 Å². The van der Waals surface area contributed by atoms with E-state index in [0.717, 1.165) is 25.3 Å². The topological polar surface area (TPSA) is 72.0 Å². The number of anilines is 2. The van der Waals surface area contributed by atoms with Crippen LogP contribution in [-0.4, -0.2) is 33.7 Å². The third-order valence-corrected chi connectivity index (χ3v) is 4.22. The van der Waals surface area contributed by atoms with Crippen LogP contribution in [0, 0.1) is 5.92 Å². The standard InChI is InChI=1S/C18H25N5O/c1-13(2)17-15(4-3-11-24-17)22-18-20-10-7-16(23-18)21-12-14-5-8-19-9-6-14/h5-10,13,15,17H,3-4,11-12H2,1-2H3,(H2,20,21,22,23)/t15-,17+/m1/s1. The lowest BCUT2D eigenvalue weighted by Crippen LogP contribution is -2.43. The summed E-state index contributed by atoms with van der Waals surface area (Å²) in [7, 11) is 0. The number of ether oxygens (including phenoxy) is 1. The molecular weight excluding hydrogens is 302 g/mol. The molecule has 0 saturated carbocycles. The fourth-order valence-electron chi connectivity index (χ4n) is 3.00. The van der Waals surface area contributed by atoms with E-state index in [0.29, 0.717) is 18.4 Å². The van der Waals surface area contributed by atoms with E-state index in [4.69, 9.17) is 4.74 Å². The summed E-state index contributed by atoms with van der Waals surface area (Å²) < 4.78 is 5.92. The summed E-state index contributed by atoms with van der Waals surface area (Å²) in [5.41, 5.74) is 1.17. The number of hydrogen-bond donors (Lipinski definition) is 2. The van der Waals surface area contributed by atoms with Crippen molar-refractivity contribution in [2.75, 3.05) is 17.2 Å². The average Bonchev–Trinajstić information content (AvgIpc) is 2.61. The zero-order valence-electron chi connectivity index (χ0n) is 14.3. The monoisotopic (exact) mass is 327 g/mol. The molecule has 3 rings (SSSR count). The highest BCUT2D eigenvalue weighted by Gasteiger charge is 2.28. The molecule has 0 amide bonds. The molecule has 6 nitrogen and oxygen atoms in total. The molecule has 24 heavy (non-hydrogen) atoms. The van der Waals surface area contributed by atoms with Crippen LogP contribution in [0.5, 0.6) is 0 Å². The normalized spacial score (nSPS) is 20.8. The van der Waals surface area contributed by atoms with Gasteiger partial charge < -0.3 is 15.4 Å². The fraction of sp³-hybridized carbons (Fsp3) is 0.500. The van der Waals surface area contributed by atoms with Gasteiger partial charge in [0.25, 0.3) is 0 Å². The van der Waals surface area contributed by atoms with Crippen molar-refractivity contribution in [3.8, 4) is 0 Å². The van der Waals surface area contributed by atoms with E-state index in [2.05, 4.69) is 39.4 Å². The number of rotatable bonds is 6. The molecule has 0 aromatic carbocycles. The van der Waals surface area contributed by atoms with Gasteiger partial charge in [0.15, 0.2) is 0 Å². The molecule has 0 unspecified atom stereocenters. The van der Waals surface area contributed by atoms with Gasteiger partial charge in [0.2, 0.25) is 5.95 Å². The van der Waals surface area contributed by atoms with Crippen molar-refractivity contribution in [1.29, 1.82) is 0 Å². The molecule has 128 valence electrons. The van der Waals surface area contributed by atoms with Crippen LogP contribution in [-0.2, 0) is 11.3 Å². The first-order valence-electron chi connectivity index (χ1n) is 8.56. The molecule has 1 saturated heterocycles. The Hall–Kier alpha value is -2.21. The Kier molecular flexibility index (Phi) is 5.59. The maximum atomic E-state index is 5.92. The molecule has 3 heterocycles. The Bertz CT molecular complexity index is 634. The quantitative estimate of drug-likeness (QED) is 0.849. The third kappa shape index (κ3) is 4.41. The van der Waals surface area contributed by atoms with Crippen LogP contribution in [0.2, 0.25) is 0 Å². The van der Waals surface area contributed by atoms with E-state index >= 15 is 0 Å². The van der Waals surface area contributed by atoms with Gasteiger partial charge in [0, 0.05) is 31.7 Å². The first kappa shape index (κ1) is 16.6. The SMILES string of the molecule is CC(C)[C@@H]1OCCC[C@H]1Nc1nccc(NCc2ccncc2)n1. The van der Waals surface area contributed by atoms with E-state index in [-0.39, 0.29) is 12.1 Å². The number of nitrogens with one attached hydrogen (secondary N) is 2. The summed E-state index contributed by atoms with van der Waals surface area (Å²) >= 11 is 0. The summed E-state index contributed by atoms with van der Waals surface area (Å²) in [5.74, 6) is 1.92. The summed E-state index contributed by atoms with van der Waals surface area (Å²) in [6.45, 7) is 5.94. The van der Waals surface area contributed by atoms with Crippen LogP contribution in [0.3, 0.4) is 0 Å². The molecule has 0 bridgehead atoms. The Morgan fingerprint density at radius 1 is 1.21 bits per heavy atom. The Labute approximate surface area is 143 Å². The minimum Gasteiger partial charge on any atom is -0.376 e. The maximum Gasteiger partial charge on any atom is 0.224 e. The minimum absolute atomic E-state index is 0.204. The smallest absolute Gasteiger partial charge is 0.224 e. The molecule has 0 spiro atoms. The van der Waals surface area contributed by atoms with Gasteiger partial charge in [-0.1, -0.05) is 13.8 Å². The second-order valence-corrected chi connectivity index (χ2v) is 6.45. The van der Waals surface area contributed by atoms with Crippen LogP contribution in [0.4, 0.5) is 11.8 Å². The summed E-state index contributed by atoms with van der Waals surface area (Å²) in [6.07, 6.45) is 7.72. The van der Waals surface area contributed by atoms with Gasteiger partial charge in [-0.15, -0.1) is 0 Å². The molecule has 0 radical (unpaired) electrons. The van der Waals surface area contributed by atoms with Crippen LogP contribution < -0.4 is 10.6 Å². The lowest BCUT2D eigenvalue weighted by Gasteiger charge is -2.34. The number of pyridine rings is 1. The van der Waals surface area contributed by atoms with E-state index < -0.39 is 0 Å². The van der Waals surface area contributed by atoms with Crippen molar-refractivity contribution in [3.05, 3.63) is 42.4 Å². The molecule has 2 aromatic rings. The summed E-state index contributed by atoms with van der Waals surface area (Å²) in [5, 5.41) is 6.78. The molecule has 0 aliphatic carbocycles. The zero-order valence-corrected chi connectivity index (χ0v) is 14.3. The minimum atomic E-state index is 0.204. The van der Waals surface area contributed by atoms with Crippen LogP contribution in [0.25, 0.3) is 0 Å². The van der Waals surface area contributed by atoms with Crippen molar-refractivity contribution in [3.63, 3.8) is 0 Å². The number of aromatic nitrogens is 3. The predicted octanol–water partition coefficient (Wildman–Crippen LogP) is 3.10. The van der Waals surface area contributed by atoms with E-state index in [1.54, 1.807) is 18.6 Å². The largest absolute Gasteiger partial charge is 0.376 e. The van der Waals surface area contributed by atoms with Crippen molar-refractivity contribution in [1.82, 2.24) is 15.0 Å². The van der Waals surface area contributed by atoms with Crippen molar-refractivity contribution in [2.24, 2.45) is 5.92 Å². The molecule has 2 aromatic heterocycles. The van der Waals surface area contributed by atoms with Gasteiger partial charge in [-0.3, -0.25) is 4.98 Å². The Morgan fingerprint density at radius 2 is 2.04 bits per heavy atom. The van der Waals surface area contributed by atoms with Crippen molar-refractivity contribution in [2.45, 2.75) is 45.4 Å². The molecule has 6 heteroatoms. The van der Waals surface area contributed by atoms with E-state index in [1.165, 1.54) is 5.56 Å². The highest BCUT2D eigenvalue weighted by molar-refractivity contribution is 5.40. The van der Waals surface area contributed by atoms with Gasteiger partial charge >= 0.3 is 0 Å². The first-order valence-corrected chi connectivity index (χ1v) is 8.56. The Morgan fingerprint density at radius 3 is 2.83 bits per heavy atom. The third-order valence-electron chi connectivity index (χ3n) is 4.22. The molecule has 2 atom stereocenters. The van der Waals surface area contributed by atoms with Crippen LogP contribution >= 0.6 is 0 Å². The van der Waals surface area contributed by atoms with Gasteiger partial charge in [0.05, 0.1) is 12.1 Å². The van der Waals surface area contributed by atoms with Crippen LogP contribution in [0.1, 0.15) is 32.3 Å². The summed E-state index contributed by atoms with van der Waals surface area (Å²) in [4.78, 5) is 13.0. The highest BCUT2D eigenvalue weighted by Crippen LogP contribution is 2.23. The zero-order chi connectivity index (χ0) is 16.8. The molecular formula is C18H25N5O. The number of nitrogens with zero attached hydrogens (tertiary/aromatic N) is 3. The molecule has 1 aliphatic rings. The molecule has 1 aliphatic heterocycles. The van der Waals surface area contributed by atoms with Crippen LogP contribution in [0.15, 0.2) is 36.8 Å². The second kappa shape index (κ2) is 8.06. The molecule has 2 N–H and O–H groups in total. The highest BCUT2D eigenvalue weighted by atomic mass is 16.5. The Balaban J connectivity index is 1.62. The van der Waals surface area contributed by atoms with Gasteiger partial charge in [-0.2, -0.15) is 4.98 Å². The number of hydrogen-bond acceptors (Lipinski definition) is 6. The van der Waals surface area contributed by atoms with Crippen molar-refractivity contribution < 1.29 is 4.74 Å². The van der Waals surface area contributed by atoms with Crippen molar-refractivity contribution >= 4 is 11.8 Å². The first-order chi connectivity index (χ1) is 11.7. The van der Waals surface area contributed by atoms with Gasteiger partial charge in [-0.05, 0) is 42.5 Å². The maximum absolute atomic E-state index is 5.92. The predicted molar refractivity (Wildman–Crippen MR) is 94.8 cm³/mol. The summed E-state index contributed by atoms with van der Waals surface area (Å²) in [6, 6.07) is 6.11. The fourth-order valence-corrected chi connectivity index (χ4v) is 3.00. The van der Waals surface area contributed by atoms with E-state index in [1.807, 2.05) is 18.2 Å². The van der Waals surface area contributed by atoms with Gasteiger partial charge in [-0.25, -0.2) is 4.98 Å².